The number of carbonyl (C=O) groups excluding carboxylic acids is 1. The third kappa shape index (κ3) is 3.64. The minimum atomic E-state index is 0.131. The molecule has 0 radical (unpaired) electrons. The van der Waals surface area contributed by atoms with Crippen LogP contribution in [0.4, 0.5) is 0 Å². The third-order valence-corrected chi connectivity index (χ3v) is 2.43. The average molecular weight is 200 g/mol. The molecule has 0 unspecified atom stereocenters. The van der Waals surface area contributed by atoms with E-state index in [4.69, 9.17) is 4.74 Å². The van der Waals surface area contributed by atoms with Crippen molar-refractivity contribution in [2.75, 3.05) is 46.4 Å². The molecular formula is C10H20N2O2. The van der Waals surface area contributed by atoms with E-state index in [1.165, 1.54) is 0 Å². The van der Waals surface area contributed by atoms with E-state index in [1.54, 1.807) is 0 Å². The van der Waals surface area contributed by atoms with Crippen LogP contribution in [0.2, 0.25) is 0 Å². The van der Waals surface area contributed by atoms with E-state index in [0.29, 0.717) is 6.61 Å². The number of carbonyl (C=O) groups is 1. The van der Waals surface area contributed by atoms with Crippen molar-refractivity contribution in [1.82, 2.24) is 9.80 Å². The van der Waals surface area contributed by atoms with Gasteiger partial charge < -0.3 is 14.5 Å². The van der Waals surface area contributed by atoms with Crippen molar-refractivity contribution >= 4 is 5.91 Å². The summed E-state index contributed by atoms with van der Waals surface area (Å²) in [6, 6.07) is 0. The summed E-state index contributed by atoms with van der Waals surface area (Å²) in [5.41, 5.74) is 0. The summed E-state index contributed by atoms with van der Waals surface area (Å²) < 4.78 is 5.22. The van der Waals surface area contributed by atoms with E-state index < -0.39 is 0 Å². The van der Waals surface area contributed by atoms with Gasteiger partial charge >= 0.3 is 0 Å². The molecule has 14 heavy (non-hydrogen) atoms. The molecule has 0 aromatic rings. The molecule has 0 atom stereocenters. The van der Waals surface area contributed by atoms with Gasteiger partial charge in [0.05, 0.1) is 0 Å². The number of hydrogen-bond acceptors (Lipinski definition) is 3. The largest absolute Gasteiger partial charge is 0.372 e. The number of rotatable bonds is 4. The smallest absolute Gasteiger partial charge is 0.248 e. The first-order chi connectivity index (χ1) is 6.74. The molecule has 0 aromatic carbocycles. The SMILES string of the molecule is CCCOCC(=O)N1CCN(C)CC1. The second-order valence-electron chi connectivity index (χ2n) is 3.74. The maximum atomic E-state index is 11.6. The van der Waals surface area contributed by atoms with E-state index in [-0.39, 0.29) is 12.5 Å². The van der Waals surface area contributed by atoms with Gasteiger partial charge in [0.25, 0.3) is 0 Å². The molecule has 0 N–H and O–H groups in total. The van der Waals surface area contributed by atoms with Crippen LogP contribution in [0.15, 0.2) is 0 Å². The summed E-state index contributed by atoms with van der Waals surface area (Å²) in [5, 5.41) is 0. The Kier molecular flexibility index (Phi) is 4.90. The number of piperazine rings is 1. The minimum Gasteiger partial charge on any atom is -0.372 e. The predicted octanol–water partition coefficient (Wildman–Crippen LogP) is 0.187. The number of nitrogens with zero attached hydrogens (tertiary/aromatic N) is 2. The van der Waals surface area contributed by atoms with E-state index in [1.807, 2.05) is 11.8 Å². The van der Waals surface area contributed by atoms with Crippen LogP contribution in [-0.4, -0.2) is 62.1 Å². The summed E-state index contributed by atoms with van der Waals surface area (Å²) in [7, 11) is 2.08. The normalized spacial score (nSPS) is 18.6. The Morgan fingerprint density at radius 2 is 1.93 bits per heavy atom. The van der Waals surface area contributed by atoms with Crippen molar-refractivity contribution in [1.29, 1.82) is 0 Å². The van der Waals surface area contributed by atoms with Crippen LogP contribution in [-0.2, 0) is 9.53 Å². The molecule has 1 aliphatic heterocycles. The van der Waals surface area contributed by atoms with Crippen LogP contribution in [0.5, 0.6) is 0 Å². The Hall–Kier alpha value is -0.610. The summed E-state index contributed by atoms with van der Waals surface area (Å²) in [4.78, 5) is 15.7. The molecule has 1 rings (SSSR count). The highest BCUT2D eigenvalue weighted by Gasteiger charge is 2.18. The molecule has 1 fully saturated rings. The highest BCUT2D eigenvalue weighted by molar-refractivity contribution is 5.77. The van der Waals surface area contributed by atoms with Crippen LogP contribution in [0.1, 0.15) is 13.3 Å². The van der Waals surface area contributed by atoms with Crippen LogP contribution in [0, 0.1) is 0 Å². The van der Waals surface area contributed by atoms with Crippen molar-refractivity contribution in [3.8, 4) is 0 Å². The molecule has 1 heterocycles. The van der Waals surface area contributed by atoms with Crippen molar-refractivity contribution in [2.45, 2.75) is 13.3 Å². The highest BCUT2D eigenvalue weighted by atomic mass is 16.5. The summed E-state index contributed by atoms with van der Waals surface area (Å²) in [6.45, 7) is 6.59. The van der Waals surface area contributed by atoms with Crippen molar-refractivity contribution < 1.29 is 9.53 Å². The number of hydrogen-bond donors (Lipinski definition) is 0. The summed E-state index contributed by atoms with van der Waals surface area (Å²) in [6.07, 6.45) is 0.968. The van der Waals surface area contributed by atoms with Gasteiger partial charge in [0.15, 0.2) is 0 Å². The van der Waals surface area contributed by atoms with Crippen LogP contribution in [0.25, 0.3) is 0 Å². The average Bonchev–Trinajstić information content (AvgIpc) is 2.19. The van der Waals surface area contributed by atoms with Gasteiger partial charge in [0.2, 0.25) is 5.91 Å². The molecule has 4 nitrogen and oxygen atoms in total. The van der Waals surface area contributed by atoms with Crippen molar-refractivity contribution in [3.05, 3.63) is 0 Å². The Labute approximate surface area is 85.8 Å². The first-order valence-electron chi connectivity index (χ1n) is 5.28. The van der Waals surface area contributed by atoms with Gasteiger partial charge in [-0.15, -0.1) is 0 Å². The molecule has 0 aromatic heterocycles. The Balaban J connectivity index is 2.17. The highest BCUT2D eigenvalue weighted by Crippen LogP contribution is 1.99. The minimum absolute atomic E-state index is 0.131. The lowest BCUT2D eigenvalue weighted by Gasteiger charge is -2.32. The fourth-order valence-electron chi connectivity index (χ4n) is 1.45. The van der Waals surface area contributed by atoms with E-state index in [0.717, 1.165) is 32.6 Å². The number of likely N-dealkylation sites (N-methyl/N-ethyl adjacent to an activating group) is 1. The zero-order valence-electron chi connectivity index (χ0n) is 9.16. The lowest BCUT2D eigenvalue weighted by atomic mass is 10.3. The van der Waals surface area contributed by atoms with Gasteiger partial charge in [0.1, 0.15) is 6.61 Å². The van der Waals surface area contributed by atoms with Crippen molar-refractivity contribution in [3.63, 3.8) is 0 Å². The van der Waals surface area contributed by atoms with Gasteiger partial charge in [-0.3, -0.25) is 4.79 Å². The lowest BCUT2D eigenvalue weighted by molar-refractivity contribution is -0.137. The van der Waals surface area contributed by atoms with E-state index >= 15 is 0 Å². The number of ether oxygens (including phenoxy) is 1. The maximum absolute atomic E-state index is 11.6. The lowest BCUT2D eigenvalue weighted by Crippen LogP contribution is -2.48. The quantitative estimate of drug-likeness (QED) is 0.607. The number of amides is 1. The molecule has 82 valence electrons. The van der Waals surface area contributed by atoms with Gasteiger partial charge in [0, 0.05) is 32.8 Å². The molecule has 0 aliphatic carbocycles. The van der Waals surface area contributed by atoms with Crippen LogP contribution >= 0.6 is 0 Å². The Bertz CT molecular complexity index is 177. The molecule has 1 saturated heterocycles. The molecule has 0 saturated carbocycles. The van der Waals surface area contributed by atoms with Crippen LogP contribution in [0.3, 0.4) is 0 Å². The fraction of sp³-hybridized carbons (Fsp3) is 0.900. The molecule has 0 spiro atoms. The molecule has 4 heteroatoms. The predicted molar refractivity (Wildman–Crippen MR) is 55.2 cm³/mol. The summed E-state index contributed by atoms with van der Waals surface area (Å²) >= 11 is 0. The second kappa shape index (κ2) is 5.98. The second-order valence-corrected chi connectivity index (χ2v) is 3.74. The van der Waals surface area contributed by atoms with Gasteiger partial charge in [-0.05, 0) is 13.5 Å². The molecule has 0 bridgehead atoms. The maximum Gasteiger partial charge on any atom is 0.248 e. The Morgan fingerprint density at radius 3 is 2.50 bits per heavy atom. The molecule has 1 amide bonds. The summed E-state index contributed by atoms with van der Waals surface area (Å²) in [5.74, 6) is 0.131. The third-order valence-electron chi connectivity index (χ3n) is 2.43. The monoisotopic (exact) mass is 200 g/mol. The van der Waals surface area contributed by atoms with Crippen LogP contribution < -0.4 is 0 Å². The molecular weight excluding hydrogens is 180 g/mol. The Morgan fingerprint density at radius 1 is 1.29 bits per heavy atom. The van der Waals surface area contributed by atoms with Gasteiger partial charge in [-0.25, -0.2) is 0 Å². The molecule has 1 aliphatic rings. The fourth-order valence-corrected chi connectivity index (χ4v) is 1.45. The zero-order valence-corrected chi connectivity index (χ0v) is 9.16. The van der Waals surface area contributed by atoms with E-state index in [2.05, 4.69) is 11.9 Å². The standard InChI is InChI=1S/C10H20N2O2/c1-3-8-14-9-10(13)12-6-4-11(2)5-7-12/h3-9H2,1-2H3. The topological polar surface area (TPSA) is 32.8 Å². The zero-order chi connectivity index (χ0) is 10.4. The first-order valence-corrected chi connectivity index (χ1v) is 5.28. The van der Waals surface area contributed by atoms with Crippen molar-refractivity contribution in [2.24, 2.45) is 0 Å². The van der Waals surface area contributed by atoms with Gasteiger partial charge in [-0.2, -0.15) is 0 Å². The van der Waals surface area contributed by atoms with Gasteiger partial charge in [-0.1, -0.05) is 6.92 Å². The van der Waals surface area contributed by atoms with E-state index in [9.17, 15) is 4.79 Å². The first kappa shape index (κ1) is 11.5.